The number of amidine groups is 1. The summed E-state index contributed by atoms with van der Waals surface area (Å²) < 4.78 is 6.19. The lowest BCUT2D eigenvalue weighted by Gasteiger charge is -2.12. The quantitative estimate of drug-likeness (QED) is 0.242. The van der Waals surface area contributed by atoms with Crippen molar-refractivity contribution in [3.05, 3.63) is 112 Å². The van der Waals surface area contributed by atoms with E-state index in [0.717, 1.165) is 21.9 Å². The van der Waals surface area contributed by atoms with Crippen LogP contribution in [0.15, 0.2) is 94.8 Å². The van der Waals surface area contributed by atoms with Crippen molar-refractivity contribution >= 4 is 62.9 Å². The molecule has 0 aliphatic carbocycles. The number of aliphatic carboxylic acids is 1. The van der Waals surface area contributed by atoms with Crippen LogP contribution in [0.25, 0.3) is 16.8 Å². The number of thioether (sulfide) groups is 1. The molecule has 0 radical (unpaired) electrons. The van der Waals surface area contributed by atoms with E-state index in [4.69, 9.17) is 16.3 Å². The fourth-order valence-electron chi connectivity index (χ4n) is 4.04. The van der Waals surface area contributed by atoms with Crippen LogP contribution in [0.4, 0.5) is 5.69 Å². The molecular formula is C30H23ClN2O4S. The molecule has 6 nitrogen and oxygen atoms in total. The van der Waals surface area contributed by atoms with Gasteiger partial charge in [0.15, 0.2) is 5.17 Å². The van der Waals surface area contributed by atoms with Crippen LogP contribution >= 0.6 is 23.4 Å². The predicted octanol–water partition coefficient (Wildman–Crippen LogP) is 7.15. The number of rotatable bonds is 7. The predicted molar refractivity (Wildman–Crippen MR) is 153 cm³/mol. The maximum Gasteiger partial charge on any atom is 0.310 e. The number of nitrogens with zero attached hydrogens (tertiary/aromatic N) is 1. The van der Waals surface area contributed by atoms with E-state index in [2.05, 4.69) is 10.3 Å². The number of hydrogen-bond donors (Lipinski definition) is 2. The van der Waals surface area contributed by atoms with Crippen LogP contribution in [0.3, 0.4) is 0 Å². The summed E-state index contributed by atoms with van der Waals surface area (Å²) in [7, 11) is 0. The second-order valence-corrected chi connectivity index (χ2v) is 10.2. The summed E-state index contributed by atoms with van der Waals surface area (Å²) in [6, 6.07) is 26.4. The van der Waals surface area contributed by atoms with E-state index in [1.165, 1.54) is 11.8 Å². The summed E-state index contributed by atoms with van der Waals surface area (Å²) >= 11 is 7.20. The minimum Gasteiger partial charge on any atom is -0.488 e. The number of halogens is 1. The fraction of sp³-hybridized carbons (Fsp3) is 0.100. The monoisotopic (exact) mass is 542 g/mol. The topological polar surface area (TPSA) is 88.0 Å². The highest BCUT2D eigenvalue weighted by Crippen LogP contribution is 2.35. The van der Waals surface area contributed by atoms with Crippen molar-refractivity contribution in [2.24, 2.45) is 4.99 Å². The van der Waals surface area contributed by atoms with E-state index in [-0.39, 0.29) is 5.91 Å². The first-order valence-corrected chi connectivity index (χ1v) is 13.1. The van der Waals surface area contributed by atoms with Crippen LogP contribution in [0.2, 0.25) is 5.02 Å². The van der Waals surface area contributed by atoms with Gasteiger partial charge in [0, 0.05) is 10.6 Å². The average Bonchev–Trinajstić information content (AvgIpc) is 3.26. The number of aliphatic imine (C=N–C) groups is 1. The molecule has 0 aromatic heterocycles. The molecule has 1 heterocycles. The molecule has 1 unspecified atom stereocenters. The maximum atomic E-state index is 12.9. The van der Waals surface area contributed by atoms with Gasteiger partial charge in [-0.1, -0.05) is 66.2 Å². The van der Waals surface area contributed by atoms with Gasteiger partial charge in [0.1, 0.15) is 12.4 Å². The molecular weight excluding hydrogens is 520 g/mol. The Morgan fingerprint density at radius 2 is 1.74 bits per heavy atom. The minimum atomic E-state index is -0.941. The third-order valence-corrected chi connectivity index (χ3v) is 7.28. The highest BCUT2D eigenvalue weighted by atomic mass is 35.5. The zero-order valence-electron chi connectivity index (χ0n) is 20.4. The van der Waals surface area contributed by atoms with Crippen LogP contribution in [0.1, 0.15) is 29.5 Å². The lowest BCUT2D eigenvalue weighted by Crippen LogP contribution is -2.19. The molecule has 2 N–H and O–H groups in total. The summed E-state index contributed by atoms with van der Waals surface area (Å²) in [6.45, 7) is 1.95. The van der Waals surface area contributed by atoms with E-state index in [1.54, 1.807) is 37.3 Å². The maximum absolute atomic E-state index is 12.9. The number of hydrogen-bond acceptors (Lipinski definition) is 5. The Bertz CT molecular complexity index is 1600. The van der Waals surface area contributed by atoms with E-state index < -0.39 is 11.9 Å². The first kappa shape index (κ1) is 25.6. The third kappa shape index (κ3) is 5.74. The zero-order chi connectivity index (χ0) is 26.6. The van der Waals surface area contributed by atoms with Crippen molar-refractivity contribution in [2.75, 3.05) is 0 Å². The number of carboxylic acids is 1. The van der Waals surface area contributed by atoms with Gasteiger partial charge < -0.3 is 15.2 Å². The Hall–Kier alpha value is -4.07. The van der Waals surface area contributed by atoms with Crippen LogP contribution in [0.5, 0.6) is 5.75 Å². The molecule has 4 aromatic rings. The lowest BCUT2D eigenvalue weighted by atomic mass is 10.00. The Morgan fingerprint density at radius 3 is 2.47 bits per heavy atom. The molecule has 38 heavy (non-hydrogen) atoms. The van der Waals surface area contributed by atoms with Crippen LogP contribution < -0.4 is 10.1 Å². The second kappa shape index (κ2) is 11.1. The largest absolute Gasteiger partial charge is 0.488 e. The van der Waals surface area contributed by atoms with Crippen LogP contribution in [-0.2, 0) is 16.2 Å². The van der Waals surface area contributed by atoms with Crippen molar-refractivity contribution in [2.45, 2.75) is 19.4 Å². The van der Waals surface area contributed by atoms with Gasteiger partial charge in [0.25, 0.3) is 5.91 Å². The molecule has 190 valence electrons. The SMILES string of the molecule is CC(C(=O)O)c1ccccc1N=C1NC(=O)C(=Cc2cc3ccccc3cc2OCc2ccc(Cl)cc2)S1. The number of nitrogens with one attached hydrogen (secondary N) is 1. The van der Waals surface area contributed by atoms with Crippen molar-refractivity contribution < 1.29 is 19.4 Å². The lowest BCUT2D eigenvalue weighted by molar-refractivity contribution is -0.138. The van der Waals surface area contributed by atoms with Crippen LogP contribution in [0, 0.1) is 0 Å². The van der Waals surface area contributed by atoms with Gasteiger partial charge in [-0.25, -0.2) is 4.99 Å². The van der Waals surface area contributed by atoms with Gasteiger partial charge in [-0.3, -0.25) is 9.59 Å². The van der Waals surface area contributed by atoms with Gasteiger partial charge in [-0.15, -0.1) is 0 Å². The number of ether oxygens (including phenoxy) is 1. The molecule has 1 aliphatic rings. The molecule has 1 fully saturated rings. The summed E-state index contributed by atoms with van der Waals surface area (Å²) in [5.74, 6) is -1.31. The standard InChI is InChI=1S/C30H23ClN2O4S/c1-18(29(35)36)24-8-4-5-9-25(24)32-30-33-28(34)27(38-30)16-22-14-20-6-2-3-7-21(20)15-26(22)37-17-19-10-12-23(31)13-11-19/h2-16,18H,17H2,1H3,(H,35,36)(H,32,33,34). The van der Waals surface area contributed by atoms with Crippen molar-refractivity contribution in [1.29, 1.82) is 0 Å². The Balaban J connectivity index is 1.46. The normalized spacial score (nSPS) is 16.1. The van der Waals surface area contributed by atoms with Gasteiger partial charge >= 0.3 is 5.97 Å². The fourth-order valence-corrected chi connectivity index (χ4v) is 4.99. The number of fused-ring (bicyclic) bond motifs is 1. The Morgan fingerprint density at radius 1 is 1.05 bits per heavy atom. The molecule has 0 bridgehead atoms. The van der Waals surface area contributed by atoms with Gasteiger partial charge in [-0.05, 0) is 77.0 Å². The average molecular weight is 543 g/mol. The molecule has 1 atom stereocenters. The molecule has 1 aliphatic heterocycles. The van der Waals surface area contributed by atoms with Gasteiger partial charge in [-0.2, -0.15) is 0 Å². The number of benzene rings is 4. The van der Waals surface area contributed by atoms with Crippen molar-refractivity contribution in [3.63, 3.8) is 0 Å². The van der Waals surface area contributed by atoms with Crippen LogP contribution in [-0.4, -0.2) is 22.2 Å². The number of carbonyl (C=O) groups is 2. The van der Waals surface area contributed by atoms with Crippen molar-refractivity contribution in [3.8, 4) is 5.75 Å². The smallest absolute Gasteiger partial charge is 0.310 e. The highest BCUT2D eigenvalue weighted by molar-refractivity contribution is 8.18. The summed E-state index contributed by atoms with van der Waals surface area (Å²) in [5.41, 5.74) is 2.81. The summed E-state index contributed by atoms with van der Waals surface area (Å²) in [4.78, 5) is 29.4. The zero-order valence-corrected chi connectivity index (χ0v) is 21.9. The van der Waals surface area contributed by atoms with E-state index in [9.17, 15) is 14.7 Å². The molecule has 5 rings (SSSR count). The highest BCUT2D eigenvalue weighted by Gasteiger charge is 2.25. The van der Waals surface area contributed by atoms with E-state index >= 15 is 0 Å². The third-order valence-electron chi connectivity index (χ3n) is 6.12. The number of carboxylic acid groups (broad SMARTS) is 1. The minimum absolute atomic E-state index is 0.283. The molecule has 4 aromatic carbocycles. The number of para-hydroxylation sites is 1. The Kier molecular flexibility index (Phi) is 7.49. The molecule has 1 amide bonds. The molecule has 0 saturated carbocycles. The van der Waals surface area contributed by atoms with Crippen molar-refractivity contribution in [1.82, 2.24) is 5.32 Å². The second-order valence-electron chi connectivity index (χ2n) is 8.75. The summed E-state index contributed by atoms with van der Waals surface area (Å²) in [6.07, 6.45) is 1.79. The first-order chi connectivity index (χ1) is 18.4. The molecule has 1 saturated heterocycles. The van der Waals surface area contributed by atoms with Gasteiger partial charge in [0.2, 0.25) is 0 Å². The molecule has 8 heteroatoms. The first-order valence-electron chi connectivity index (χ1n) is 11.9. The van der Waals surface area contributed by atoms with Gasteiger partial charge in [0.05, 0.1) is 16.5 Å². The number of carbonyl (C=O) groups excluding carboxylic acids is 1. The molecule has 0 spiro atoms. The van der Waals surface area contributed by atoms with E-state index in [1.807, 2.05) is 60.7 Å². The Labute approximate surface area is 229 Å². The summed E-state index contributed by atoms with van der Waals surface area (Å²) in [5, 5.41) is 15.3. The number of amides is 1. The van der Waals surface area contributed by atoms with E-state index in [0.29, 0.717) is 38.7 Å².